The van der Waals surface area contributed by atoms with Crippen molar-refractivity contribution in [2.24, 2.45) is 0 Å². The molecular weight excluding hydrogens is 450 g/mol. The quantitative estimate of drug-likeness (QED) is 0.327. The predicted octanol–water partition coefficient (Wildman–Crippen LogP) is 3.79. The van der Waals surface area contributed by atoms with Gasteiger partial charge in [0.1, 0.15) is 11.4 Å². The Morgan fingerprint density at radius 2 is 2.03 bits per heavy atom. The summed E-state index contributed by atoms with van der Waals surface area (Å²) in [5, 5.41) is 26.5. The maximum Gasteiger partial charge on any atom is 0.420 e. The van der Waals surface area contributed by atoms with E-state index >= 15 is 0 Å². The molecule has 0 radical (unpaired) electrons. The first kappa shape index (κ1) is 22.6. The maximum atomic E-state index is 12.3. The Morgan fingerprint density at radius 1 is 1.26 bits per heavy atom. The number of hydrogen-bond donors (Lipinski definition) is 4. The number of anilines is 3. The number of aryl methyl sites for hydroxylation is 1. The van der Waals surface area contributed by atoms with Crippen molar-refractivity contribution in [2.75, 3.05) is 10.6 Å². The number of oxazole rings is 1. The van der Waals surface area contributed by atoms with Crippen molar-refractivity contribution in [3.8, 4) is 0 Å². The Balaban J connectivity index is 1.51. The first-order valence-electron chi connectivity index (χ1n) is 11.3. The summed E-state index contributed by atoms with van der Waals surface area (Å²) in [4.78, 5) is 32.7. The molecule has 0 saturated carbocycles. The van der Waals surface area contributed by atoms with Gasteiger partial charge in [0.15, 0.2) is 5.58 Å². The lowest BCUT2D eigenvalue weighted by molar-refractivity contribution is 0.0696. The molecule has 0 amide bonds. The van der Waals surface area contributed by atoms with Crippen molar-refractivity contribution in [3.63, 3.8) is 0 Å². The SMILES string of the molecule is Cc1cc2oc(=O)n(C(C)C)c2cc1Nc1ncc(C(=O)O)c(N[C@H]2c3ccccc3C[C@H]2O)n1. The Kier molecular flexibility index (Phi) is 5.52. The second kappa shape index (κ2) is 8.55. The van der Waals surface area contributed by atoms with Crippen LogP contribution in [0.3, 0.4) is 0 Å². The van der Waals surface area contributed by atoms with Crippen LogP contribution in [0.25, 0.3) is 11.1 Å². The van der Waals surface area contributed by atoms with Crippen LogP contribution in [0.15, 0.2) is 51.8 Å². The number of carbonyl (C=O) groups is 1. The fraction of sp³-hybridized carbons (Fsp3) is 0.280. The summed E-state index contributed by atoms with van der Waals surface area (Å²) in [6.45, 7) is 5.64. The summed E-state index contributed by atoms with van der Waals surface area (Å²) in [6, 6.07) is 10.6. The van der Waals surface area contributed by atoms with Gasteiger partial charge in [0, 0.05) is 24.3 Å². The summed E-state index contributed by atoms with van der Waals surface area (Å²) in [5.74, 6) is -1.35. The summed E-state index contributed by atoms with van der Waals surface area (Å²) >= 11 is 0. The Hall–Kier alpha value is -4.18. The van der Waals surface area contributed by atoms with Crippen LogP contribution in [0.2, 0.25) is 0 Å². The molecule has 1 aliphatic rings. The van der Waals surface area contributed by atoms with Gasteiger partial charge in [-0.1, -0.05) is 24.3 Å². The molecule has 35 heavy (non-hydrogen) atoms. The number of aliphatic hydroxyl groups excluding tert-OH is 1. The minimum absolute atomic E-state index is 0.0943. The zero-order chi connectivity index (χ0) is 24.9. The highest BCUT2D eigenvalue weighted by Gasteiger charge is 2.32. The molecule has 4 aromatic rings. The molecule has 1 aliphatic carbocycles. The molecule has 2 aromatic carbocycles. The first-order chi connectivity index (χ1) is 16.7. The zero-order valence-corrected chi connectivity index (χ0v) is 19.4. The van der Waals surface area contributed by atoms with Gasteiger partial charge in [-0.3, -0.25) is 4.57 Å². The number of benzene rings is 2. The molecular formula is C25H25N5O5. The van der Waals surface area contributed by atoms with E-state index < -0.39 is 23.9 Å². The highest BCUT2D eigenvalue weighted by molar-refractivity contribution is 5.93. The second-order valence-corrected chi connectivity index (χ2v) is 8.94. The first-order valence-corrected chi connectivity index (χ1v) is 11.3. The summed E-state index contributed by atoms with van der Waals surface area (Å²) < 4.78 is 6.93. The Morgan fingerprint density at radius 3 is 2.77 bits per heavy atom. The van der Waals surface area contributed by atoms with Gasteiger partial charge in [-0.15, -0.1) is 0 Å². The molecule has 2 aromatic heterocycles. The van der Waals surface area contributed by atoms with Crippen LogP contribution < -0.4 is 16.4 Å². The molecule has 0 saturated heterocycles. The number of aromatic nitrogens is 3. The number of aromatic carboxylic acids is 1. The lowest BCUT2D eigenvalue weighted by Crippen LogP contribution is -2.23. The molecule has 4 N–H and O–H groups in total. The van der Waals surface area contributed by atoms with Crippen molar-refractivity contribution in [2.45, 2.75) is 45.4 Å². The van der Waals surface area contributed by atoms with Crippen molar-refractivity contribution in [1.82, 2.24) is 14.5 Å². The third-order valence-corrected chi connectivity index (χ3v) is 6.24. The van der Waals surface area contributed by atoms with E-state index in [2.05, 4.69) is 20.6 Å². The number of hydrogen-bond acceptors (Lipinski definition) is 8. The lowest BCUT2D eigenvalue weighted by atomic mass is 10.1. The molecule has 0 fully saturated rings. The predicted molar refractivity (Wildman–Crippen MR) is 130 cm³/mol. The van der Waals surface area contributed by atoms with Gasteiger partial charge < -0.3 is 25.3 Å². The smallest absolute Gasteiger partial charge is 0.420 e. The van der Waals surface area contributed by atoms with Crippen molar-refractivity contribution in [3.05, 3.63) is 75.4 Å². The molecule has 0 bridgehead atoms. The van der Waals surface area contributed by atoms with E-state index in [9.17, 15) is 19.8 Å². The zero-order valence-electron chi connectivity index (χ0n) is 19.4. The van der Waals surface area contributed by atoms with Gasteiger partial charge in [0.25, 0.3) is 0 Å². The van der Waals surface area contributed by atoms with Gasteiger partial charge in [0.2, 0.25) is 5.95 Å². The lowest BCUT2D eigenvalue weighted by Gasteiger charge is -2.20. The number of carboxylic acids is 1. The van der Waals surface area contributed by atoms with Crippen molar-refractivity contribution in [1.29, 1.82) is 0 Å². The third kappa shape index (κ3) is 4.01. The molecule has 0 spiro atoms. The fourth-order valence-electron chi connectivity index (χ4n) is 4.53. The third-order valence-electron chi connectivity index (χ3n) is 6.24. The second-order valence-electron chi connectivity index (χ2n) is 8.94. The minimum atomic E-state index is -1.18. The van der Waals surface area contributed by atoms with E-state index in [0.717, 1.165) is 16.7 Å². The fourth-order valence-corrected chi connectivity index (χ4v) is 4.53. The van der Waals surface area contributed by atoms with Gasteiger partial charge in [-0.2, -0.15) is 4.98 Å². The van der Waals surface area contributed by atoms with Crippen LogP contribution in [0.1, 0.15) is 53.0 Å². The molecule has 2 heterocycles. The van der Waals surface area contributed by atoms with E-state index in [1.807, 2.05) is 45.0 Å². The van der Waals surface area contributed by atoms with E-state index in [1.165, 1.54) is 6.20 Å². The van der Waals surface area contributed by atoms with Gasteiger partial charge in [-0.25, -0.2) is 14.6 Å². The van der Waals surface area contributed by atoms with Crippen molar-refractivity contribution >= 4 is 34.5 Å². The summed E-state index contributed by atoms with van der Waals surface area (Å²) in [6.07, 6.45) is 0.968. The van der Waals surface area contributed by atoms with Crippen LogP contribution in [-0.2, 0) is 6.42 Å². The number of nitrogens with zero attached hydrogens (tertiary/aromatic N) is 3. The molecule has 5 rings (SSSR count). The molecule has 10 nitrogen and oxygen atoms in total. The number of fused-ring (bicyclic) bond motifs is 2. The van der Waals surface area contributed by atoms with Crippen LogP contribution in [-0.4, -0.2) is 36.8 Å². The highest BCUT2D eigenvalue weighted by Crippen LogP contribution is 2.35. The molecule has 0 unspecified atom stereocenters. The molecule has 0 aliphatic heterocycles. The van der Waals surface area contributed by atoms with Crippen LogP contribution in [0.4, 0.5) is 17.5 Å². The summed E-state index contributed by atoms with van der Waals surface area (Å²) in [7, 11) is 0. The average Bonchev–Trinajstić information content (AvgIpc) is 3.29. The Labute approximate surface area is 200 Å². The largest absolute Gasteiger partial charge is 0.477 e. The van der Waals surface area contributed by atoms with Gasteiger partial charge in [0.05, 0.1) is 17.7 Å². The van der Waals surface area contributed by atoms with E-state index in [-0.39, 0.29) is 23.4 Å². The number of rotatable bonds is 6. The monoisotopic (exact) mass is 475 g/mol. The minimum Gasteiger partial charge on any atom is -0.477 e. The van der Waals surface area contributed by atoms with E-state index in [1.54, 1.807) is 16.7 Å². The van der Waals surface area contributed by atoms with Crippen LogP contribution in [0.5, 0.6) is 0 Å². The van der Waals surface area contributed by atoms with Crippen LogP contribution in [0, 0.1) is 6.92 Å². The van der Waals surface area contributed by atoms with E-state index in [0.29, 0.717) is 23.2 Å². The maximum absolute atomic E-state index is 12.3. The van der Waals surface area contributed by atoms with Gasteiger partial charge in [-0.05, 0) is 49.6 Å². The van der Waals surface area contributed by atoms with Crippen molar-refractivity contribution < 1.29 is 19.4 Å². The number of carboxylic acid groups (broad SMARTS) is 1. The average molecular weight is 476 g/mol. The summed E-state index contributed by atoms with van der Waals surface area (Å²) in [5.41, 5.74) is 4.34. The van der Waals surface area contributed by atoms with Gasteiger partial charge >= 0.3 is 11.7 Å². The normalized spacial score (nSPS) is 17.1. The highest BCUT2D eigenvalue weighted by atomic mass is 16.4. The van der Waals surface area contributed by atoms with E-state index in [4.69, 9.17) is 4.42 Å². The number of aliphatic hydroxyl groups is 1. The molecule has 2 atom stereocenters. The van der Waals surface area contributed by atoms with Crippen LogP contribution >= 0.6 is 0 Å². The molecule has 180 valence electrons. The molecule has 10 heteroatoms. The Bertz CT molecular complexity index is 1510. The standard InChI is InChI=1S/C25H25N5O5/c1-12(2)30-18-10-17(13(3)8-20(18)35-25(30)34)27-24-26-11-16(23(32)33)22(29-24)28-21-15-7-5-4-6-14(15)9-19(21)31/h4-8,10-12,19,21,31H,9H2,1-3H3,(H,32,33)(H2,26,27,28,29)/t19-,21+/m1/s1. The number of nitrogens with one attached hydrogen (secondary N) is 2. The topological polar surface area (TPSA) is 143 Å².